The normalized spacial score (nSPS) is 16.1. The van der Waals surface area contributed by atoms with E-state index in [-0.39, 0.29) is 30.1 Å². The second kappa shape index (κ2) is 10.7. The van der Waals surface area contributed by atoms with Crippen molar-refractivity contribution in [3.63, 3.8) is 0 Å². The summed E-state index contributed by atoms with van der Waals surface area (Å²) in [5, 5.41) is 9.10. The van der Waals surface area contributed by atoms with E-state index in [0.717, 1.165) is 38.0 Å². The van der Waals surface area contributed by atoms with Crippen molar-refractivity contribution >= 4 is 29.9 Å². The van der Waals surface area contributed by atoms with E-state index in [4.69, 9.17) is 0 Å². The first-order valence-electron chi connectivity index (χ1n) is 9.16. The number of hydrogen-bond acceptors (Lipinski definition) is 3. The molecule has 1 heterocycles. The van der Waals surface area contributed by atoms with E-state index in [1.807, 2.05) is 30.3 Å². The monoisotopic (exact) mass is 387 g/mol. The summed E-state index contributed by atoms with van der Waals surface area (Å²) in [5.41, 5.74) is 2.51. The van der Waals surface area contributed by atoms with Gasteiger partial charge in [0.05, 0.1) is 5.92 Å². The van der Waals surface area contributed by atoms with E-state index in [9.17, 15) is 9.59 Å². The molecular formula is C21H26ClN3O2. The molecule has 0 saturated carbocycles. The molecule has 5 nitrogen and oxygen atoms in total. The number of nitrogens with one attached hydrogen (secondary N) is 3. The Morgan fingerprint density at radius 3 is 2.44 bits per heavy atom. The Balaban J connectivity index is 0.00000261. The molecule has 0 aliphatic carbocycles. The summed E-state index contributed by atoms with van der Waals surface area (Å²) in [5.74, 6) is -0.0442. The first-order valence-corrected chi connectivity index (χ1v) is 9.16. The molecule has 27 heavy (non-hydrogen) atoms. The van der Waals surface area contributed by atoms with Crippen molar-refractivity contribution in [2.75, 3.05) is 25.0 Å². The van der Waals surface area contributed by atoms with E-state index in [2.05, 4.69) is 16.0 Å². The molecule has 3 N–H and O–H groups in total. The SMILES string of the molecule is Cl.O=C(NCCc1ccccc1)c1ccc(NC(=O)C2CCCNC2)cc1. The number of rotatable bonds is 6. The Kier molecular flexibility index (Phi) is 8.30. The molecule has 0 aromatic heterocycles. The summed E-state index contributed by atoms with van der Waals surface area (Å²) in [6, 6.07) is 17.1. The van der Waals surface area contributed by atoms with Gasteiger partial charge in [-0.15, -0.1) is 12.4 Å². The maximum absolute atomic E-state index is 12.2. The van der Waals surface area contributed by atoms with Gasteiger partial charge in [-0.2, -0.15) is 0 Å². The molecule has 2 aromatic rings. The Morgan fingerprint density at radius 1 is 1.04 bits per heavy atom. The fraction of sp³-hybridized carbons (Fsp3) is 0.333. The molecule has 144 valence electrons. The first kappa shape index (κ1) is 20.9. The van der Waals surface area contributed by atoms with Gasteiger partial charge in [0, 0.05) is 24.3 Å². The number of carbonyl (C=O) groups excluding carboxylic acids is 2. The molecule has 1 aliphatic heterocycles. The summed E-state index contributed by atoms with van der Waals surface area (Å²) in [6.07, 6.45) is 2.75. The number of hydrogen-bond donors (Lipinski definition) is 3. The Bertz CT molecular complexity index is 729. The van der Waals surface area contributed by atoms with Crippen LogP contribution in [-0.2, 0) is 11.2 Å². The maximum Gasteiger partial charge on any atom is 0.251 e. The topological polar surface area (TPSA) is 70.2 Å². The van der Waals surface area contributed by atoms with Crippen LogP contribution in [0, 0.1) is 5.92 Å². The summed E-state index contributed by atoms with van der Waals surface area (Å²) < 4.78 is 0. The quantitative estimate of drug-likeness (QED) is 0.713. The van der Waals surface area contributed by atoms with E-state index in [1.54, 1.807) is 24.3 Å². The first-order chi connectivity index (χ1) is 12.7. The van der Waals surface area contributed by atoms with Crippen LogP contribution in [0.5, 0.6) is 0 Å². The second-order valence-electron chi connectivity index (χ2n) is 6.60. The van der Waals surface area contributed by atoms with Crippen LogP contribution in [0.15, 0.2) is 54.6 Å². The molecule has 0 bridgehead atoms. The average Bonchev–Trinajstić information content (AvgIpc) is 2.70. The molecule has 1 atom stereocenters. The molecule has 2 aromatic carbocycles. The van der Waals surface area contributed by atoms with E-state index < -0.39 is 0 Å². The van der Waals surface area contributed by atoms with Crippen molar-refractivity contribution in [3.05, 3.63) is 65.7 Å². The summed E-state index contributed by atoms with van der Waals surface area (Å²) in [6.45, 7) is 2.31. The third-order valence-corrected chi connectivity index (χ3v) is 4.62. The summed E-state index contributed by atoms with van der Waals surface area (Å²) in [7, 11) is 0. The number of benzene rings is 2. The number of piperidine rings is 1. The predicted octanol–water partition coefficient (Wildman–Crippen LogP) is 3.02. The molecule has 1 unspecified atom stereocenters. The van der Waals surface area contributed by atoms with Gasteiger partial charge in [-0.25, -0.2) is 0 Å². The van der Waals surface area contributed by atoms with E-state index in [0.29, 0.717) is 12.1 Å². The third-order valence-electron chi connectivity index (χ3n) is 4.62. The van der Waals surface area contributed by atoms with Crippen LogP contribution in [0.25, 0.3) is 0 Å². The summed E-state index contributed by atoms with van der Waals surface area (Å²) >= 11 is 0. The van der Waals surface area contributed by atoms with Gasteiger partial charge in [-0.1, -0.05) is 30.3 Å². The van der Waals surface area contributed by atoms with Gasteiger partial charge in [0.25, 0.3) is 5.91 Å². The zero-order valence-corrected chi connectivity index (χ0v) is 16.1. The standard InChI is InChI=1S/C21H25N3O2.ClH/c25-20(23-14-12-16-5-2-1-3-6-16)17-8-10-19(11-9-17)24-21(26)18-7-4-13-22-15-18;/h1-3,5-6,8-11,18,22H,4,7,12-15H2,(H,23,25)(H,24,26);1H. The minimum Gasteiger partial charge on any atom is -0.352 e. The van der Waals surface area contributed by atoms with Crippen molar-refractivity contribution in [2.24, 2.45) is 5.92 Å². The minimum absolute atomic E-state index is 0. The van der Waals surface area contributed by atoms with E-state index in [1.165, 1.54) is 5.56 Å². The van der Waals surface area contributed by atoms with Crippen molar-refractivity contribution < 1.29 is 9.59 Å². The van der Waals surface area contributed by atoms with Crippen LogP contribution in [0.1, 0.15) is 28.8 Å². The van der Waals surface area contributed by atoms with Crippen LogP contribution in [0.2, 0.25) is 0 Å². The molecule has 1 saturated heterocycles. The predicted molar refractivity (Wildman–Crippen MR) is 110 cm³/mol. The zero-order chi connectivity index (χ0) is 18.2. The van der Waals surface area contributed by atoms with Gasteiger partial charge in [-0.3, -0.25) is 9.59 Å². The fourth-order valence-corrected chi connectivity index (χ4v) is 3.09. The van der Waals surface area contributed by atoms with Crippen molar-refractivity contribution in [2.45, 2.75) is 19.3 Å². The molecule has 6 heteroatoms. The van der Waals surface area contributed by atoms with Crippen LogP contribution in [0.4, 0.5) is 5.69 Å². The van der Waals surface area contributed by atoms with Gasteiger partial charge in [0.1, 0.15) is 0 Å². The highest BCUT2D eigenvalue weighted by Crippen LogP contribution is 2.15. The lowest BCUT2D eigenvalue weighted by Gasteiger charge is -2.21. The molecule has 0 spiro atoms. The van der Waals surface area contributed by atoms with Gasteiger partial charge >= 0.3 is 0 Å². The number of carbonyl (C=O) groups is 2. The zero-order valence-electron chi connectivity index (χ0n) is 15.2. The lowest BCUT2D eigenvalue weighted by Crippen LogP contribution is -2.37. The highest BCUT2D eigenvalue weighted by atomic mass is 35.5. The fourth-order valence-electron chi connectivity index (χ4n) is 3.09. The molecule has 3 rings (SSSR count). The number of halogens is 1. The molecular weight excluding hydrogens is 362 g/mol. The average molecular weight is 388 g/mol. The van der Waals surface area contributed by atoms with Crippen LogP contribution in [0.3, 0.4) is 0 Å². The third kappa shape index (κ3) is 6.38. The minimum atomic E-state index is -0.102. The maximum atomic E-state index is 12.2. The second-order valence-corrected chi connectivity index (χ2v) is 6.60. The Hall–Kier alpha value is -2.37. The lowest BCUT2D eigenvalue weighted by molar-refractivity contribution is -0.120. The van der Waals surface area contributed by atoms with Gasteiger partial charge < -0.3 is 16.0 Å². The van der Waals surface area contributed by atoms with Crippen molar-refractivity contribution in [1.82, 2.24) is 10.6 Å². The molecule has 1 fully saturated rings. The number of amides is 2. The van der Waals surface area contributed by atoms with Gasteiger partial charge in [-0.05, 0) is 55.6 Å². The van der Waals surface area contributed by atoms with Gasteiger partial charge in [0.15, 0.2) is 0 Å². The highest BCUT2D eigenvalue weighted by molar-refractivity contribution is 5.96. The van der Waals surface area contributed by atoms with Crippen LogP contribution >= 0.6 is 12.4 Å². The molecule has 2 amide bonds. The molecule has 1 aliphatic rings. The van der Waals surface area contributed by atoms with Crippen molar-refractivity contribution in [3.8, 4) is 0 Å². The van der Waals surface area contributed by atoms with Crippen LogP contribution < -0.4 is 16.0 Å². The summed E-state index contributed by atoms with van der Waals surface area (Å²) in [4.78, 5) is 24.4. The number of anilines is 1. The van der Waals surface area contributed by atoms with E-state index >= 15 is 0 Å². The largest absolute Gasteiger partial charge is 0.352 e. The highest BCUT2D eigenvalue weighted by Gasteiger charge is 2.20. The molecule has 0 radical (unpaired) electrons. The lowest BCUT2D eigenvalue weighted by atomic mass is 9.99. The Morgan fingerprint density at radius 2 is 1.78 bits per heavy atom. The Labute approximate surface area is 166 Å². The van der Waals surface area contributed by atoms with Crippen molar-refractivity contribution in [1.29, 1.82) is 0 Å². The van der Waals surface area contributed by atoms with Gasteiger partial charge in [0.2, 0.25) is 5.91 Å². The van der Waals surface area contributed by atoms with Crippen LogP contribution in [-0.4, -0.2) is 31.4 Å². The smallest absolute Gasteiger partial charge is 0.251 e.